The highest BCUT2D eigenvalue weighted by Gasteiger charge is 2.06. The van der Waals surface area contributed by atoms with E-state index in [2.05, 4.69) is 27.2 Å². The first-order chi connectivity index (χ1) is 8.63. The molecular formula is C12H19N5O. The second-order valence-corrected chi connectivity index (χ2v) is 4.02. The Labute approximate surface area is 107 Å². The van der Waals surface area contributed by atoms with Crippen LogP contribution in [0.1, 0.15) is 10.4 Å². The fraction of sp³-hybridized carbons (Fsp3) is 0.417. The van der Waals surface area contributed by atoms with Gasteiger partial charge in [0.05, 0.1) is 5.56 Å². The average Bonchev–Trinajstić information content (AvgIpc) is 2.36. The highest BCUT2D eigenvalue weighted by Crippen LogP contribution is 1.99. The fourth-order valence-corrected chi connectivity index (χ4v) is 1.20. The van der Waals surface area contributed by atoms with Gasteiger partial charge in [0.1, 0.15) is 0 Å². The highest BCUT2D eigenvalue weighted by atomic mass is 16.1. The number of likely N-dealkylation sites (N-methyl/N-ethyl adjacent to an activating group) is 1. The number of anilines is 1. The predicted octanol–water partition coefficient (Wildman–Crippen LogP) is 0.366. The molecule has 2 N–H and O–H groups in total. The van der Waals surface area contributed by atoms with E-state index >= 15 is 0 Å². The molecule has 0 unspecified atom stereocenters. The normalized spacial score (nSPS) is 10.2. The first-order valence-corrected chi connectivity index (χ1v) is 5.73. The Morgan fingerprint density at radius 3 is 2.67 bits per heavy atom. The van der Waals surface area contributed by atoms with E-state index < -0.39 is 0 Å². The van der Waals surface area contributed by atoms with Crippen molar-refractivity contribution in [1.29, 1.82) is 0 Å². The van der Waals surface area contributed by atoms with Gasteiger partial charge in [-0.25, -0.2) is 9.97 Å². The molecule has 0 fully saturated rings. The Hall–Kier alpha value is -1.95. The quantitative estimate of drug-likeness (QED) is 0.683. The molecule has 6 nitrogen and oxygen atoms in total. The van der Waals surface area contributed by atoms with Crippen LogP contribution in [0.2, 0.25) is 0 Å². The van der Waals surface area contributed by atoms with Crippen molar-refractivity contribution in [3.05, 3.63) is 30.6 Å². The van der Waals surface area contributed by atoms with Crippen LogP contribution in [-0.4, -0.2) is 54.5 Å². The standard InChI is InChI=1S/C12H19N5O/c1-4-5-14-12-15-8-10(9-16-12)11(18)13-6-7-17(2)3/h4,8-9H,1,5-7H2,2-3H3,(H,13,18)(H,14,15,16). The molecule has 0 atom stereocenters. The molecule has 0 radical (unpaired) electrons. The molecule has 0 saturated carbocycles. The topological polar surface area (TPSA) is 70.2 Å². The lowest BCUT2D eigenvalue weighted by Gasteiger charge is -2.10. The van der Waals surface area contributed by atoms with Gasteiger partial charge in [0, 0.05) is 32.0 Å². The molecule has 0 bridgehead atoms. The molecule has 1 aromatic heterocycles. The summed E-state index contributed by atoms with van der Waals surface area (Å²) in [7, 11) is 3.91. The second kappa shape index (κ2) is 7.39. The second-order valence-electron chi connectivity index (χ2n) is 4.02. The van der Waals surface area contributed by atoms with E-state index in [9.17, 15) is 4.79 Å². The number of aromatic nitrogens is 2. The smallest absolute Gasteiger partial charge is 0.254 e. The summed E-state index contributed by atoms with van der Waals surface area (Å²) in [5.41, 5.74) is 0.456. The van der Waals surface area contributed by atoms with Crippen molar-refractivity contribution in [3.63, 3.8) is 0 Å². The molecular weight excluding hydrogens is 230 g/mol. The lowest BCUT2D eigenvalue weighted by atomic mass is 10.3. The molecule has 1 heterocycles. The third kappa shape index (κ3) is 4.92. The van der Waals surface area contributed by atoms with Crippen LogP contribution in [0.15, 0.2) is 25.0 Å². The highest BCUT2D eigenvalue weighted by molar-refractivity contribution is 5.93. The van der Waals surface area contributed by atoms with Gasteiger partial charge in [-0.1, -0.05) is 6.08 Å². The SMILES string of the molecule is C=CCNc1ncc(C(=O)NCCN(C)C)cn1. The maximum Gasteiger partial charge on any atom is 0.254 e. The fourth-order valence-electron chi connectivity index (χ4n) is 1.20. The molecule has 0 aliphatic heterocycles. The van der Waals surface area contributed by atoms with E-state index in [1.54, 1.807) is 6.08 Å². The summed E-state index contributed by atoms with van der Waals surface area (Å²) in [5, 5.41) is 5.74. The number of hydrogen-bond donors (Lipinski definition) is 2. The lowest BCUT2D eigenvalue weighted by molar-refractivity contribution is 0.0950. The van der Waals surface area contributed by atoms with Crippen molar-refractivity contribution in [2.45, 2.75) is 0 Å². The van der Waals surface area contributed by atoms with Gasteiger partial charge in [-0.05, 0) is 14.1 Å². The summed E-state index contributed by atoms with van der Waals surface area (Å²) >= 11 is 0. The molecule has 6 heteroatoms. The van der Waals surface area contributed by atoms with E-state index in [-0.39, 0.29) is 5.91 Å². The van der Waals surface area contributed by atoms with Crippen LogP contribution in [0.3, 0.4) is 0 Å². The summed E-state index contributed by atoms with van der Waals surface area (Å²) in [6.07, 6.45) is 4.72. The van der Waals surface area contributed by atoms with Crippen molar-refractivity contribution in [2.75, 3.05) is 39.0 Å². The van der Waals surface area contributed by atoms with Gasteiger partial charge in [-0.2, -0.15) is 0 Å². The first-order valence-electron chi connectivity index (χ1n) is 5.73. The zero-order valence-electron chi connectivity index (χ0n) is 10.8. The minimum absolute atomic E-state index is 0.160. The molecule has 1 aromatic rings. The Kier molecular flexibility index (Phi) is 5.79. The van der Waals surface area contributed by atoms with Gasteiger partial charge in [0.2, 0.25) is 5.95 Å². The van der Waals surface area contributed by atoms with Crippen molar-refractivity contribution >= 4 is 11.9 Å². The van der Waals surface area contributed by atoms with Gasteiger partial charge in [-0.15, -0.1) is 6.58 Å². The number of carbonyl (C=O) groups is 1. The van der Waals surface area contributed by atoms with E-state index in [0.717, 1.165) is 6.54 Å². The van der Waals surface area contributed by atoms with Crippen molar-refractivity contribution in [1.82, 2.24) is 20.2 Å². The largest absolute Gasteiger partial charge is 0.351 e. The van der Waals surface area contributed by atoms with Crippen LogP contribution >= 0.6 is 0 Å². The summed E-state index contributed by atoms with van der Waals surface area (Å²) < 4.78 is 0. The van der Waals surface area contributed by atoms with Crippen LogP contribution < -0.4 is 10.6 Å². The Balaban J connectivity index is 2.45. The van der Waals surface area contributed by atoms with Gasteiger partial charge in [0.25, 0.3) is 5.91 Å². The Morgan fingerprint density at radius 1 is 1.44 bits per heavy atom. The maximum atomic E-state index is 11.7. The molecule has 0 aliphatic rings. The van der Waals surface area contributed by atoms with E-state index in [4.69, 9.17) is 0 Å². The Bertz CT molecular complexity index is 388. The van der Waals surface area contributed by atoms with E-state index in [0.29, 0.717) is 24.6 Å². The molecule has 0 aliphatic carbocycles. The summed E-state index contributed by atoms with van der Waals surface area (Å²) in [4.78, 5) is 21.8. The zero-order chi connectivity index (χ0) is 13.4. The maximum absolute atomic E-state index is 11.7. The first kappa shape index (κ1) is 14.1. The van der Waals surface area contributed by atoms with E-state index in [1.165, 1.54) is 12.4 Å². The van der Waals surface area contributed by atoms with Crippen LogP contribution in [0, 0.1) is 0 Å². The van der Waals surface area contributed by atoms with Crippen molar-refractivity contribution in [3.8, 4) is 0 Å². The molecule has 0 spiro atoms. The molecule has 0 saturated heterocycles. The van der Waals surface area contributed by atoms with Crippen LogP contribution in [-0.2, 0) is 0 Å². The van der Waals surface area contributed by atoms with E-state index in [1.807, 2.05) is 19.0 Å². The van der Waals surface area contributed by atoms with Crippen molar-refractivity contribution < 1.29 is 4.79 Å². The number of carbonyl (C=O) groups excluding carboxylic acids is 1. The summed E-state index contributed by atoms with van der Waals surface area (Å²) in [6.45, 7) is 5.57. The molecule has 0 aromatic carbocycles. The molecule has 18 heavy (non-hydrogen) atoms. The lowest BCUT2D eigenvalue weighted by Crippen LogP contribution is -2.31. The number of hydrogen-bond acceptors (Lipinski definition) is 5. The van der Waals surface area contributed by atoms with Gasteiger partial charge in [0.15, 0.2) is 0 Å². The number of nitrogens with zero attached hydrogens (tertiary/aromatic N) is 3. The number of amides is 1. The number of nitrogens with one attached hydrogen (secondary N) is 2. The zero-order valence-corrected chi connectivity index (χ0v) is 10.8. The van der Waals surface area contributed by atoms with Gasteiger partial charge in [-0.3, -0.25) is 4.79 Å². The van der Waals surface area contributed by atoms with Crippen LogP contribution in [0.25, 0.3) is 0 Å². The Morgan fingerprint density at radius 2 is 2.11 bits per heavy atom. The van der Waals surface area contributed by atoms with Gasteiger partial charge >= 0.3 is 0 Å². The summed E-state index contributed by atoms with van der Waals surface area (Å²) in [6, 6.07) is 0. The third-order valence-corrected chi connectivity index (χ3v) is 2.16. The monoisotopic (exact) mass is 249 g/mol. The van der Waals surface area contributed by atoms with Crippen molar-refractivity contribution in [2.24, 2.45) is 0 Å². The number of rotatable bonds is 7. The predicted molar refractivity (Wildman–Crippen MR) is 71.6 cm³/mol. The van der Waals surface area contributed by atoms with Crippen LogP contribution in [0.5, 0.6) is 0 Å². The minimum Gasteiger partial charge on any atom is -0.351 e. The van der Waals surface area contributed by atoms with Crippen LogP contribution in [0.4, 0.5) is 5.95 Å². The minimum atomic E-state index is -0.160. The molecule has 1 amide bonds. The summed E-state index contributed by atoms with van der Waals surface area (Å²) in [5.74, 6) is 0.326. The van der Waals surface area contributed by atoms with Gasteiger partial charge < -0.3 is 15.5 Å². The molecule has 1 rings (SSSR count). The molecule has 98 valence electrons. The third-order valence-electron chi connectivity index (χ3n) is 2.16. The average molecular weight is 249 g/mol.